The predicted molar refractivity (Wildman–Crippen MR) is 68.0 cm³/mol. The molecule has 0 N–H and O–H groups in total. The van der Waals surface area contributed by atoms with Crippen LogP contribution in [0.2, 0.25) is 0 Å². The van der Waals surface area contributed by atoms with Gasteiger partial charge in [0.05, 0.1) is 16.4 Å². The molecule has 8 heteroatoms. The second kappa shape index (κ2) is 4.41. The molecule has 0 unspecified atom stereocenters. The highest BCUT2D eigenvalue weighted by molar-refractivity contribution is 5.69. The van der Waals surface area contributed by atoms with E-state index in [0.29, 0.717) is 17.8 Å². The van der Waals surface area contributed by atoms with E-state index in [-0.39, 0.29) is 11.4 Å². The zero-order valence-electron chi connectivity index (χ0n) is 10.4. The van der Waals surface area contributed by atoms with Gasteiger partial charge in [0.25, 0.3) is 11.9 Å². The Balaban J connectivity index is 2.13. The zero-order valence-corrected chi connectivity index (χ0v) is 10.4. The minimum Gasteiger partial charge on any atom is -0.258 e. The van der Waals surface area contributed by atoms with Crippen LogP contribution in [0.15, 0.2) is 30.5 Å². The topological polar surface area (TPSA) is 95.1 Å². The highest BCUT2D eigenvalue weighted by Crippen LogP contribution is 2.31. The molecule has 0 spiro atoms. The molecular formula is C12H11N4O4+. The summed E-state index contributed by atoms with van der Waals surface area (Å²) in [4.78, 5) is 20.9. The first-order valence-corrected chi connectivity index (χ1v) is 6.10. The van der Waals surface area contributed by atoms with Crippen LogP contribution in [-0.4, -0.2) is 14.5 Å². The lowest BCUT2D eigenvalue weighted by Gasteiger charge is -2.00. The van der Waals surface area contributed by atoms with Crippen LogP contribution in [0.25, 0.3) is 11.3 Å². The monoisotopic (exact) mass is 275 g/mol. The Morgan fingerprint density at radius 1 is 1.10 bits per heavy atom. The van der Waals surface area contributed by atoms with Crippen molar-refractivity contribution in [3.63, 3.8) is 0 Å². The molecule has 1 aliphatic heterocycles. The average Bonchev–Trinajstić information content (AvgIpc) is 2.98. The third-order valence-electron chi connectivity index (χ3n) is 3.39. The first kappa shape index (κ1) is 12.3. The maximum Gasteiger partial charge on any atom is 0.363 e. The lowest BCUT2D eigenvalue weighted by atomic mass is 10.1. The molecule has 102 valence electrons. The van der Waals surface area contributed by atoms with Crippen LogP contribution in [-0.2, 0) is 13.1 Å². The molecule has 8 nitrogen and oxygen atoms in total. The molecule has 0 atom stereocenters. The summed E-state index contributed by atoms with van der Waals surface area (Å²) in [6, 6.07) is 5.82. The minimum atomic E-state index is -0.491. The number of aromatic nitrogens is 2. The van der Waals surface area contributed by atoms with Crippen molar-refractivity contribution in [3.8, 4) is 11.3 Å². The number of nitro benzene ring substituents is 1. The molecule has 0 saturated heterocycles. The van der Waals surface area contributed by atoms with E-state index < -0.39 is 9.85 Å². The molecule has 2 aromatic rings. The number of nitro groups is 2. The third-order valence-corrected chi connectivity index (χ3v) is 3.39. The van der Waals surface area contributed by atoms with Crippen molar-refractivity contribution < 1.29 is 14.5 Å². The summed E-state index contributed by atoms with van der Waals surface area (Å²) in [5.74, 6) is 0. The predicted octanol–water partition coefficient (Wildman–Crippen LogP) is 1.66. The van der Waals surface area contributed by atoms with Gasteiger partial charge in [0, 0.05) is 24.1 Å². The van der Waals surface area contributed by atoms with Crippen molar-refractivity contribution in [3.05, 3.63) is 50.7 Å². The van der Waals surface area contributed by atoms with Crippen LogP contribution in [0.5, 0.6) is 0 Å². The molecule has 0 radical (unpaired) electrons. The summed E-state index contributed by atoms with van der Waals surface area (Å²) >= 11 is 0. The Labute approximate surface area is 113 Å². The van der Waals surface area contributed by atoms with Crippen LogP contribution >= 0.6 is 0 Å². The smallest absolute Gasteiger partial charge is 0.258 e. The van der Waals surface area contributed by atoms with E-state index >= 15 is 0 Å². The fourth-order valence-corrected chi connectivity index (χ4v) is 2.51. The summed E-state index contributed by atoms with van der Waals surface area (Å²) in [5, 5.41) is 21.8. The molecule has 1 aromatic carbocycles. The van der Waals surface area contributed by atoms with Gasteiger partial charge in [-0.3, -0.25) is 20.2 Å². The number of hydrogen-bond donors (Lipinski definition) is 0. The van der Waals surface area contributed by atoms with Crippen molar-refractivity contribution in [1.29, 1.82) is 0 Å². The van der Waals surface area contributed by atoms with Crippen LogP contribution < -0.4 is 4.68 Å². The number of benzene rings is 1. The van der Waals surface area contributed by atoms with Gasteiger partial charge < -0.3 is 0 Å². The van der Waals surface area contributed by atoms with Gasteiger partial charge in [-0.05, 0) is 12.1 Å². The molecule has 1 aromatic heterocycles. The fraction of sp³-hybridized carbons (Fsp3) is 0.250. The van der Waals surface area contributed by atoms with Gasteiger partial charge in [-0.1, -0.05) is 0 Å². The van der Waals surface area contributed by atoms with Gasteiger partial charge in [-0.2, -0.15) is 0 Å². The molecule has 2 heterocycles. The number of nitrogens with zero attached hydrogens (tertiary/aromatic N) is 4. The van der Waals surface area contributed by atoms with Gasteiger partial charge >= 0.3 is 5.69 Å². The number of hydrogen-bond acceptors (Lipinski definition) is 4. The first-order chi connectivity index (χ1) is 9.58. The second-order valence-electron chi connectivity index (χ2n) is 4.56. The minimum absolute atomic E-state index is 0.0264. The summed E-state index contributed by atoms with van der Waals surface area (Å²) < 4.78 is 3.66. The van der Waals surface area contributed by atoms with Gasteiger partial charge in [-0.15, -0.1) is 9.36 Å². The van der Waals surface area contributed by atoms with Gasteiger partial charge in [-0.25, -0.2) is 0 Å². The van der Waals surface area contributed by atoms with Crippen molar-refractivity contribution in [2.24, 2.45) is 0 Å². The van der Waals surface area contributed by atoms with E-state index in [9.17, 15) is 20.2 Å². The Kier molecular flexibility index (Phi) is 2.70. The van der Waals surface area contributed by atoms with Gasteiger partial charge in [0.1, 0.15) is 0 Å². The highest BCUT2D eigenvalue weighted by Gasteiger charge is 2.33. The summed E-state index contributed by atoms with van der Waals surface area (Å²) in [6.45, 7) is 1.45. The Morgan fingerprint density at radius 3 is 2.40 bits per heavy atom. The van der Waals surface area contributed by atoms with Crippen LogP contribution in [0.4, 0.5) is 11.4 Å². The van der Waals surface area contributed by atoms with Crippen molar-refractivity contribution in [1.82, 2.24) is 4.68 Å². The largest absolute Gasteiger partial charge is 0.363 e. The number of non-ortho nitro benzene ring substituents is 1. The average molecular weight is 275 g/mol. The standard InChI is InChI=1S/C12H11N4O4/c17-15(18)10-4-2-9(3-5-10)12-11(16(19)20)8-13-6-1-7-14(12)13/h2-5,8H,1,6-7H2/q+1. The summed E-state index contributed by atoms with van der Waals surface area (Å²) in [5.41, 5.74) is 1.11. The second-order valence-corrected chi connectivity index (χ2v) is 4.56. The molecule has 0 fully saturated rings. The number of fused-ring (bicyclic) bond motifs is 1. The molecule has 0 amide bonds. The van der Waals surface area contributed by atoms with E-state index in [4.69, 9.17) is 0 Å². The molecule has 0 saturated carbocycles. The fourth-order valence-electron chi connectivity index (χ4n) is 2.51. The van der Waals surface area contributed by atoms with Crippen LogP contribution in [0.3, 0.4) is 0 Å². The summed E-state index contributed by atoms with van der Waals surface area (Å²) in [6.07, 6.45) is 2.45. The quantitative estimate of drug-likeness (QED) is 0.483. The van der Waals surface area contributed by atoms with Crippen LogP contribution in [0.1, 0.15) is 6.42 Å². The Bertz CT molecular complexity index is 705. The van der Waals surface area contributed by atoms with Crippen molar-refractivity contribution in [2.75, 3.05) is 0 Å². The SMILES string of the molecule is O=[N+]([O-])c1ccc(-c2c([N+](=O)[O-])c[n+]3n2CCC3)cc1. The molecular weight excluding hydrogens is 264 g/mol. The maximum absolute atomic E-state index is 11.1. The number of aryl methyl sites for hydroxylation is 1. The molecule has 0 bridgehead atoms. The van der Waals surface area contributed by atoms with Crippen molar-refractivity contribution >= 4 is 11.4 Å². The zero-order chi connectivity index (χ0) is 14.3. The van der Waals surface area contributed by atoms with E-state index in [1.165, 1.54) is 18.3 Å². The summed E-state index contributed by atoms with van der Waals surface area (Å²) in [7, 11) is 0. The van der Waals surface area contributed by atoms with E-state index in [0.717, 1.165) is 13.0 Å². The van der Waals surface area contributed by atoms with Crippen LogP contribution in [0, 0.1) is 20.2 Å². The third kappa shape index (κ3) is 1.81. The normalized spacial score (nSPS) is 13.2. The molecule has 3 rings (SSSR count). The van der Waals surface area contributed by atoms with Gasteiger partial charge in [0.15, 0.2) is 12.2 Å². The van der Waals surface area contributed by atoms with E-state index in [1.807, 2.05) is 9.36 Å². The molecule has 1 aliphatic rings. The molecule has 20 heavy (non-hydrogen) atoms. The van der Waals surface area contributed by atoms with Crippen molar-refractivity contribution in [2.45, 2.75) is 19.5 Å². The maximum atomic E-state index is 11.1. The lowest BCUT2D eigenvalue weighted by Crippen LogP contribution is -2.36. The Hall–Kier alpha value is -2.77. The van der Waals surface area contributed by atoms with E-state index in [1.54, 1.807) is 12.1 Å². The van der Waals surface area contributed by atoms with Gasteiger partial charge in [0.2, 0.25) is 0 Å². The Morgan fingerprint density at radius 2 is 1.80 bits per heavy atom. The molecule has 0 aliphatic carbocycles. The van der Waals surface area contributed by atoms with E-state index in [2.05, 4.69) is 0 Å². The lowest BCUT2D eigenvalue weighted by molar-refractivity contribution is -0.757. The number of rotatable bonds is 3. The highest BCUT2D eigenvalue weighted by atomic mass is 16.6. The first-order valence-electron chi connectivity index (χ1n) is 6.10.